The molecule has 0 spiro atoms. The number of nitrogens with zero attached hydrogens (tertiary/aromatic N) is 1. The van der Waals surface area contributed by atoms with Crippen molar-refractivity contribution in [2.45, 2.75) is 27.2 Å². The second-order valence-corrected chi connectivity index (χ2v) is 5.53. The van der Waals surface area contributed by atoms with Crippen LogP contribution in [0.15, 0.2) is 24.3 Å². The normalized spacial score (nSPS) is 10.4. The van der Waals surface area contributed by atoms with E-state index in [9.17, 15) is 9.59 Å². The van der Waals surface area contributed by atoms with Gasteiger partial charge in [0.1, 0.15) is 0 Å². The van der Waals surface area contributed by atoms with Gasteiger partial charge in [0.15, 0.2) is 0 Å². The Morgan fingerprint density at radius 2 is 2.05 bits per heavy atom. The molecule has 5 heteroatoms. The molecule has 1 aromatic carbocycles. The molecule has 0 saturated heterocycles. The molecular weight excluding hydrogens is 276 g/mol. The summed E-state index contributed by atoms with van der Waals surface area (Å²) in [6.45, 7) is 6.55. The maximum atomic E-state index is 11.7. The summed E-state index contributed by atoms with van der Waals surface area (Å²) in [5.41, 5.74) is 0.710. The van der Waals surface area contributed by atoms with Gasteiger partial charge in [-0.15, -0.1) is 0 Å². The standard InChI is InChI=1S/C15H21ClN2O2/c1-11(2)10-17-15(20)7-8-18(12(3)19)14-6-4-5-13(16)9-14/h4-6,9,11H,7-8,10H2,1-3H3,(H,17,20). The van der Waals surface area contributed by atoms with E-state index in [0.717, 1.165) is 0 Å². The number of carbonyl (C=O) groups excluding carboxylic acids is 2. The van der Waals surface area contributed by atoms with Gasteiger partial charge in [0, 0.05) is 37.1 Å². The fourth-order valence-electron chi connectivity index (χ4n) is 1.73. The highest BCUT2D eigenvalue weighted by atomic mass is 35.5. The number of rotatable bonds is 6. The summed E-state index contributed by atoms with van der Waals surface area (Å²) in [5.74, 6) is 0.256. The molecule has 0 radical (unpaired) electrons. The van der Waals surface area contributed by atoms with Gasteiger partial charge in [0.05, 0.1) is 0 Å². The Morgan fingerprint density at radius 1 is 1.35 bits per heavy atom. The van der Waals surface area contributed by atoms with E-state index in [1.54, 1.807) is 29.2 Å². The van der Waals surface area contributed by atoms with Crippen LogP contribution in [0.2, 0.25) is 5.02 Å². The van der Waals surface area contributed by atoms with E-state index in [-0.39, 0.29) is 18.2 Å². The molecule has 4 nitrogen and oxygen atoms in total. The van der Waals surface area contributed by atoms with Crippen LogP contribution in [0.1, 0.15) is 27.2 Å². The van der Waals surface area contributed by atoms with Crippen LogP contribution in [-0.4, -0.2) is 24.9 Å². The lowest BCUT2D eigenvalue weighted by atomic mass is 10.2. The zero-order chi connectivity index (χ0) is 15.1. The van der Waals surface area contributed by atoms with Crippen LogP contribution in [0, 0.1) is 5.92 Å². The Kier molecular flexibility index (Phi) is 6.52. The highest BCUT2D eigenvalue weighted by molar-refractivity contribution is 6.30. The molecule has 0 aliphatic carbocycles. The van der Waals surface area contributed by atoms with Crippen molar-refractivity contribution in [2.24, 2.45) is 5.92 Å². The van der Waals surface area contributed by atoms with Crippen molar-refractivity contribution in [3.8, 4) is 0 Å². The van der Waals surface area contributed by atoms with Gasteiger partial charge in [-0.3, -0.25) is 9.59 Å². The van der Waals surface area contributed by atoms with Crippen molar-refractivity contribution in [3.05, 3.63) is 29.3 Å². The van der Waals surface area contributed by atoms with Crippen LogP contribution in [0.25, 0.3) is 0 Å². The fourth-order valence-corrected chi connectivity index (χ4v) is 1.92. The average Bonchev–Trinajstić information content (AvgIpc) is 2.36. The largest absolute Gasteiger partial charge is 0.356 e. The van der Waals surface area contributed by atoms with Crippen molar-refractivity contribution in [1.29, 1.82) is 0 Å². The molecule has 0 aliphatic heterocycles. The zero-order valence-electron chi connectivity index (χ0n) is 12.1. The van der Waals surface area contributed by atoms with Gasteiger partial charge in [0.2, 0.25) is 11.8 Å². The molecule has 1 N–H and O–H groups in total. The summed E-state index contributed by atoms with van der Waals surface area (Å²) in [4.78, 5) is 24.9. The van der Waals surface area contributed by atoms with Gasteiger partial charge >= 0.3 is 0 Å². The summed E-state index contributed by atoms with van der Waals surface area (Å²) in [6.07, 6.45) is 0.277. The van der Waals surface area contributed by atoms with Crippen molar-refractivity contribution < 1.29 is 9.59 Å². The van der Waals surface area contributed by atoms with Gasteiger partial charge < -0.3 is 10.2 Å². The highest BCUT2D eigenvalue weighted by Crippen LogP contribution is 2.19. The van der Waals surface area contributed by atoms with E-state index in [1.807, 2.05) is 13.8 Å². The minimum Gasteiger partial charge on any atom is -0.356 e. The number of nitrogens with one attached hydrogen (secondary N) is 1. The molecule has 0 fully saturated rings. The molecule has 0 heterocycles. The molecule has 2 amide bonds. The second-order valence-electron chi connectivity index (χ2n) is 5.10. The molecule has 0 atom stereocenters. The number of carbonyl (C=O) groups is 2. The quantitative estimate of drug-likeness (QED) is 0.877. The summed E-state index contributed by atoms with van der Waals surface area (Å²) in [6, 6.07) is 7.05. The van der Waals surface area contributed by atoms with Crippen LogP contribution in [-0.2, 0) is 9.59 Å². The molecule has 1 aromatic rings. The first kappa shape index (κ1) is 16.5. The maximum absolute atomic E-state index is 11.7. The maximum Gasteiger partial charge on any atom is 0.223 e. The topological polar surface area (TPSA) is 49.4 Å². The number of hydrogen-bond acceptors (Lipinski definition) is 2. The van der Waals surface area contributed by atoms with Crippen molar-refractivity contribution in [3.63, 3.8) is 0 Å². The van der Waals surface area contributed by atoms with Crippen molar-refractivity contribution in [2.75, 3.05) is 18.0 Å². The van der Waals surface area contributed by atoms with Crippen molar-refractivity contribution in [1.82, 2.24) is 5.32 Å². The van der Waals surface area contributed by atoms with Crippen molar-refractivity contribution >= 4 is 29.1 Å². The fraction of sp³-hybridized carbons (Fsp3) is 0.467. The highest BCUT2D eigenvalue weighted by Gasteiger charge is 2.13. The monoisotopic (exact) mass is 296 g/mol. The summed E-state index contributed by atoms with van der Waals surface area (Å²) in [7, 11) is 0. The number of hydrogen-bond donors (Lipinski definition) is 1. The summed E-state index contributed by atoms with van der Waals surface area (Å²) < 4.78 is 0. The molecule has 0 aliphatic rings. The lowest BCUT2D eigenvalue weighted by Crippen LogP contribution is -2.34. The first-order valence-electron chi connectivity index (χ1n) is 6.70. The number of amides is 2. The SMILES string of the molecule is CC(=O)N(CCC(=O)NCC(C)C)c1cccc(Cl)c1. The van der Waals surface area contributed by atoms with Crippen LogP contribution < -0.4 is 10.2 Å². The van der Waals surface area contributed by atoms with Crippen LogP contribution in [0.3, 0.4) is 0 Å². The Labute approximate surface area is 125 Å². The smallest absolute Gasteiger partial charge is 0.223 e. The second kappa shape index (κ2) is 7.90. The van der Waals surface area contributed by atoms with E-state index in [2.05, 4.69) is 5.32 Å². The predicted molar refractivity (Wildman–Crippen MR) is 81.9 cm³/mol. The third kappa shape index (κ3) is 5.61. The van der Waals surface area contributed by atoms with E-state index in [1.165, 1.54) is 6.92 Å². The Bertz CT molecular complexity index is 475. The lowest BCUT2D eigenvalue weighted by molar-refractivity contribution is -0.121. The van der Waals surface area contributed by atoms with Gasteiger partial charge in [-0.1, -0.05) is 31.5 Å². The first-order chi connectivity index (χ1) is 9.40. The Balaban J connectivity index is 2.61. The van der Waals surface area contributed by atoms with E-state index in [4.69, 9.17) is 11.6 Å². The van der Waals surface area contributed by atoms with Gasteiger partial charge in [-0.25, -0.2) is 0 Å². The average molecular weight is 297 g/mol. The summed E-state index contributed by atoms with van der Waals surface area (Å²) in [5, 5.41) is 3.40. The van der Waals surface area contributed by atoms with Gasteiger partial charge in [0.25, 0.3) is 0 Å². The van der Waals surface area contributed by atoms with E-state index in [0.29, 0.717) is 29.7 Å². The van der Waals surface area contributed by atoms with Crippen LogP contribution in [0.5, 0.6) is 0 Å². The Hall–Kier alpha value is -1.55. The molecule has 0 unspecified atom stereocenters. The molecule has 20 heavy (non-hydrogen) atoms. The van der Waals surface area contributed by atoms with Crippen LogP contribution >= 0.6 is 11.6 Å². The van der Waals surface area contributed by atoms with Gasteiger partial charge in [-0.2, -0.15) is 0 Å². The molecular formula is C15H21ClN2O2. The number of halogens is 1. The summed E-state index contributed by atoms with van der Waals surface area (Å²) >= 11 is 5.92. The zero-order valence-corrected chi connectivity index (χ0v) is 12.9. The number of anilines is 1. The first-order valence-corrected chi connectivity index (χ1v) is 7.08. The lowest BCUT2D eigenvalue weighted by Gasteiger charge is -2.21. The molecule has 0 aromatic heterocycles. The minimum absolute atomic E-state index is 0.0491. The Morgan fingerprint density at radius 3 is 2.60 bits per heavy atom. The third-order valence-electron chi connectivity index (χ3n) is 2.77. The van der Waals surface area contributed by atoms with Crippen LogP contribution in [0.4, 0.5) is 5.69 Å². The molecule has 0 saturated carbocycles. The molecule has 1 rings (SSSR count). The van der Waals surface area contributed by atoms with Gasteiger partial charge in [-0.05, 0) is 24.1 Å². The number of benzene rings is 1. The van der Waals surface area contributed by atoms with E-state index < -0.39 is 0 Å². The minimum atomic E-state index is -0.107. The predicted octanol–water partition coefficient (Wildman–Crippen LogP) is 2.86. The molecule has 110 valence electrons. The van der Waals surface area contributed by atoms with E-state index >= 15 is 0 Å². The molecule has 0 bridgehead atoms. The third-order valence-corrected chi connectivity index (χ3v) is 3.01.